The number of pyridine rings is 1. The summed E-state index contributed by atoms with van der Waals surface area (Å²) in [5.41, 5.74) is 9.71. The van der Waals surface area contributed by atoms with Gasteiger partial charge in [-0.2, -0.15) is 4.98 Å². The lowest BCUT2D eigenvalue weighted by atomic mass is 10.0. The zero-order valence-electron chi connectivity index (χ0n) is 26.2. The number of rotatable bonds is 4. The third kappa shape index (κ3) is 4.24. The van der Waals surface area contributed by atoms with Crippen molar-refractivity contribution in [3.05, 3.63) is 174 Å². The molecule has 4 aromatic heterocycles. The number of aromatic nitrogens is 5. The lowest BCUT2D eigenvalue weighted by molar-refractivity contribution is 0.950. The van der Waals surface area contributed by atoms with Crippen molar-refractivity contribution in [1.29, 1.82) is 0 Å². The Morgan fingerprint density at radius 1 is 0.408 bits per heavy atom. The number of nitrogens with zero attached hydrogens (tertiary/aromatic N) is 5. The van der Waals surface area contributed by atoms with Crippen LogP contribution in [0.2, 0.25) is 0 Å². The summed E-state index contributed by atoms with van der Waals surface area (Å²) < 4.78 is 6.09. The molecule has 0 N–H and O–H groups in total. The molecule has 0 spiro atoms. The van der Waals surface area contributed by atoms with Crippen LogP contribution in [0.25, 0.3) is 83.1 Å². The molecule has 0 atom stereocenters. The lowest BCUT2D eigenvalue weighted by Gasteiger charge is -2.09. The number of hydrogen-bond acceptors (Lipinski definition) is 3. The molecule has 0 unspecified atom stereocenters. The predicted molar refractivity (Wildman–Crippen MR) is 199 cm³/mol. The average molecular weight is 630 g/mol. The molecule has 4 heterocycles. The van der Waals surface area contributed by atoms with Crippen molar-refractivity contribution >= 4 is 49.3 Å². The second kappa shape index (κ2) is 10.6. The fraction of sp³-hybridized carbons (Fsp3) is 0. The van der Waals surface area contributed by atoms with Gasteiger partial charge in [0.25, 0.3) is 0 Å². The fourth-order valence-electron chi connectivity index (χ4n) is 7.28. The summed E-state index contributed by atoms with van der Waals surface area (Å²) in [5.74, 6) is 0.417. The quantitative estimate of drug-likeness (QED) is 0.195. The Morgan fingerprint density at radius 2 is 0.918 bits per heavy atom. The van der Waals surface area contributed by atoms with Gasteiger partial charge in [-0.1, -0.05) is 97.1 Å². The molecule has 0 radical (unpaired) electrons. The molecule has 0 aliphatic heterocycles. The van der Waals surface area contributed by atoms with Crippen LogP contribution in [0.4, 0.5) is 0 Å². The molecule has 0 saturated heterocycles. The van der Waals surface area contributed by atoms with Gasteiger partial charge in [0.05, 0.1) is 22.1 Å². The van der Waals surface area contributed by atoms with Crippen LogP contribution in [0.3, 0.4) is 0 Å². The first-order chi connectivity index (χ1) is 24.2. The van der Waals surface area contributed by atoms with Gasteiger partial charge in [0.1, 0.15) is 5.65 Å². The van der Waals surface area contributed by atoms with Gasteiger partial charge in [0.15, 0.2) is 5.82 Å². The van der Waals surface area contributed by atoms with E-state index >= 15 is 0 Å². The molecular weight excluding hydrogens is 603 g/mol. The van der Waals surface area contributed by atoms with Crippen LogP contribution in [0.5, 0.6) is 0 Å². The van der Waals surface area contributed by atoms with E-state index in [1.54, 1.807) is 4.40 Å². The van der Waals surface area contributed by atoms with Crippen molar-refractivity contribution in [2.45, 2.75) is 0 Å². The van der Waals surface area contributed by atoms with Gasteiger partial charge in [0.2, 0.25) is 0 Å². The van der Waals surface area contributed by atoms with Crippen LogP contribution in [0.1, 0.15) is 0 Å². The van der Waals surface area contributed by atoms with Crippen molar-refractivity contribution < 1.29 is 0 Å². The molecule has 10 rings (SSSR count). The highest BCUT2D eigenvalue weighted by Crippen LogP contribution is 2.38. The minimum atomic E-state index is -0.362. The maximum absolute atomic E-state index is 13.4. The minimum absolute atomic E-state index is 0.362. The Hall–Kier alpha value is -6.79. The Labute approximate surface area is 280 Å². The van der Waals surface area contributed by atoms with Crippen LogP contribution >= 0.6 is 0 Å². The Bertz CT molecular complexity index is 2940. The summed E-state index contributed by atoms with van der Waals surface area (Å²) in [6, 6.07) is 54.4. The van der Waals surface area contributed by atoms with E-state index in [1.165, 1.54) is 21.8 Å². The van der Waals surface area contributed by atoms with Gasteiger partial charge < -0.3 is 9.13 Å². The summed E-state index contributed by atoms with van der Waals surface area (Å²) in [6.07, 6.45) is 1.87. The van der Waals surface area contributed by atoms with Crippen LogP contribution < -0.4 is 5.69 Å². The summed E-state index contributed by atoms with van der Waals surface area (Å²) in [7, 11) is 0. The number of hydrogen-bond donors (Lipinski definition) is 0. The van der Waals surface area contributed by atoms with E-state index in [2.05, 4.69) is 117 Å². The largest absolute Gasteiger partial charge is 0.355 e. The van der Waals surface area contributed by atoms with Gasteiger partial charge in [-0.25, -0.2) is 14.2 Å². The number of fused-ring (bicyclic) bond motifs is 7. The highest BCUT2D eigenvalue weighted by Gasteiger charge is 2.18. The second-order valence-electron chi connectivity index (χ2n) is 12.3. The fourth-order valence-corrected chi connectivity index (χ4v) is 7.28. The lowest BCUT2D eigenvalue weighted by Crippen LogP contribution is -2.19. The molecule has 49 heavy (non-hydrogen) atoms. The molecule has 0 fully saturated rings. The molecule has 0 aliphatic rings. The van der Waals surface area contributed by atoms with Gasteiger partial charge >= 0.3 is 5.69 Å². The molecule has 6 aromatic carbocycles. The summed E-state index contributed by atoms with van der Waals surface area (Å²) >= 11 is 0. The van der Waals surface area contributed by atoms with Gasteiger partial charge in [-0.05, 0) is 71.8 Å². The highest BCUT2D eigenvalue weighted by molar-refractivity contribution is 6.13. The van der Waals surface area contributed by atoms with Crippen molar-refractivity contribution in [3.63, 3.8) is 0 Å². The van der Waals surface area contributed by atoms with Crippen molar-refractivity contribution in [2.75, 3.05) is 0 Å². The van der Waals surface area contributed by atoms with Crippen LogP contribution in [0, 0.1) is 0 Å². The molecular formula is C43H27N5O. The topological polar surface area (TPSA) is 57.1 Å². The van der Waals surface area contributed by atoms with Gasteiger partial charge in [-0.3, -0.25) is 0 Å². The van der Waals surface area contributed by atoms with Crippen molar-refractivity contribution in [1.82, 2.24) is 23.5 Å². The van der Waals surface area contributed by atoms with Crippen LogP contribution in [-0.4, -0.2) is 23.5 Å². The average Bonchev–Trinajstić information content (AvgIpc) is 3.66. The third-order valence-corrected chi connectivity index (χ3v) is 9.51. The summed E-state index contributed by atoms with van der Waals surface area (Å²) in [5, 5.41) is 4.52. The standard InChI is InChI=1S/C43H27N5O/c49-43-45-42(28-12-4-1-5-13-28)44-41-26-36-35-25-30(21-23-39(35)48(40(36)27-46(41)43)32-16-8-3-9-17-32)29-20-22-38-34(24-29)33-18-10-11-19-37(33)47(38)31-14-6-2-7-15-31/h1-27H. The molecule has 10 aromatic rings. The predicted octanol–water partition coefficient (Wildman–Crippen LogP) is 9.62. The van der Waals surface area contributed by atoms with E-state index in [0.29, 0.717) is 11.5 Å². The first kappa shape index (κ1) is 27.3. The van der Waals surface area contributed by atoms with E-state index in [1.807, 2.05) is 60.8 Å². The Morgan fingerprint density at radius 3 is 1.57 bits per heavy atom. The molecule has 0 saturated carbocycles. The Kier molecular flexibility index (Phi) is 5.92. The van der Waals surface area contributed by atoms with E-state index in [0.717, 1.165) is 49.9 Å². The summed E-state index contributed by atoms with van der Waals surface area (Å²) in [4.78, 5) is 22.6. The molecule has 0 aliphatic carbocycles. The van der Waals surface area contributed by atoms with E-state index in [-0.39, 0.29) is 5.69 Å². The molecule has 230 valence electrons. The minimum Gasteiger partial charge on any atom is -0.309 e. The summed E-state index contributed by atoms with van der Waals surface area (Å²) in [6.45, 7) is 0. The van der Waals surface area contributed by atoms with Gasteiger partial charge in [-0.15, -0.1) is 0 Å². The molecule has 6 nitrogen and oxygen atoms in total. The van der Waals surface area contributed by atoms with E-state index in [4.69, 9.17) is 4.98 Å². The maximum atomic E-state index is 13.4. The first-order valence-electron chi connectivity index (χ1n) is 16.3. The van der Waals surface area contributed by atoms with Crippen LogP contribution in [0.15, 0.2) is 169 Å². The van der Waals surface area contributed by atoms with Gasteiger partial charge in [0, 0.05) is 44.7 Å². The normalized spacial score (nSPS) is 11.8. The first-order valence-corrected chi connectivity index (χ1v) is 16.3. The van der Waals surface area contributed by atoms with E-state index in [9.17, 15) is 4.79 Å². The van der Waals surface area contributed by atoms with Crippen LogP contribution in [-0.2, 0) is 0 Å². The Balaban J connectivity index is 1.22. The smallest absolute Gasteiger partial charge is 0.309 e. The molecule has 6 heteroatoms. The zero-order chi connectivity index (χ0) is 32.5. The molecule has 0 bridgehead atoms. The third-order valence-electron chi connectivity index (χ3n) is 9.51. The monoisotopic (exact) mass is 629 g/mol. The highest BCUT2D eigenvalue weighted by atomic mass is 16.1. The van der Waals surface area contributed by atoms with Crippen molar-refractivity contribution in [2.24, 2.45) is 0 Å². The second-order valence-corrected chi connectivity index (χ2v) is 12.3. The zero-order valence-corrected chi connectivity index (χ0v) is 26.2. The molecule has 0 amide bonds. The van der Waals surface area contributed by atoms with Crippen molar-refractivity contribution in [3.8, 4) is 33.9 Å². The SMILES string of the molecule is O=c1nc(-c2ccccc2)nc2cc3c4cc(-c5ccc6c(c5)c5ccccc5n6-c5ccccc5)ccc4n(-c4ccccc4)c3cn12. The number of benzene rings is 6. The maximum Gasteiger partial charge on any atom is 0.355 e. The van der Waals surface area contributed by atoms with E-state index < -0.39 is 0 Å². The number of para-hydroxylation sites is 3.